The lowest BCUT2D eigenvalue weighted by Crippen LogP contribution is -2.20. The summed E-state index contributed by atoms with van der Waals surface area (Å²) >= 11 is 0. The highest BCUT2D eigenvalue weighted by Gasteiger charge is 2.38. The van der Waals surface area contributed by atoms with Crippen molar-refractivity contribution >= 4 is 49.8 Å². The summed E-state index contributed by atoms with van der Waals surface area (Å²) in [6.45, 7) is 4.73. The van der Waals surface area contributed by atoms with Crippen molar-refractivity contribution in [3.63, 3.8) is 0 Å². The number of fused-ring (bicyclic) bond motifs is 7. The van der Waals surface area contributed by atoms with Crippen LogP contribution in [0.3, 0.4) is 0 Å². The SMILES string of the molecule is CC1(C)c2ccccc2-c2cccc(N(c3ccc(-c4ccc5oc6ccccc6c5c4)cc3)c3cccc(-c4cccc5ccccc45)c3)c21. The molecule has 51 heavy (non-hydrogen) atoms. The Labute approximate surface area is 297 Å². The van der Waals surface area contributed by atoms with Crippen LogP contribution in [-0.2, 0) is 5.41 Å². The molecule has 2 nitrogen and oxygen atoms in total. The predicted octanol–water partition coefficient (Wildman–Crippen LogP) is 13.8. The van der Waals surface area contributed by atoms with Crippen LogP contribution in [0.15, 0.2) is 180 Å². The van der Waals surface area contributed by atoms with Crippen LogP contribution in [0.25, 0.3) is 66.1 Å². The lowest BCUT2D eigenvalue weighted by Gasteiger charge is -2.32. The molecule has 2 heteroatoms. The van der Waals surface area contributed by atoms with Crippen molar-refractivity contribution in [3.8, 4) is 33.4 Å². The lowest BCUT2D eigenvalue weighted by molar-refractivity contribution is 0.661. The molecule has 1 heterocycles. The first-order chi connectivity index (χ1) is 25.0. The van der Waals surface area contributed by atoms with E-state index in [9.17, 15) is 0 Å². The van der Waals surface area contributed by atoms with Crippen molar-refractivity contribution in [2.24, 2.45) is 0 Å². The Morgan fingerprint density at radius 3 is 2.00 bits per heavy atom. The van der Waals surface area contributed by atoms with Gasteiger partial charge in [0, 0.05) is 27.6 Å². The van der Waals surface area contributed by atoms with E-state index in [1.807, 2.05) is 12.1 Å². The average molecular weight is 654 g/mol. The second-order valence-electron chi connectivity index (χ2n) is 14.1. The third-order valence-electron chi connectivity index (χ3n) is 10.8. The molecule has 0 fully saturated rings. The Morgan fingerprint density at radius 2 is 1.10 bits per heavy atom. The summed E-state index contributed by atoms with van der Waals surface area (Å²) in [6, 6.07) is 63.8. The van der Waals surface area contributed by atoms with Crippen LogP contribution in [0.5, 0.6) is 0 Å². The molecular weight excluding hydrogens is 619 g/mol. The van der Waals surface area contributed by atoms with Gasteiger partial charge >= 0.3 is 0 Å². The fourth-order valence-electron chi connectivity index (χ4n) is 8.43. The molecule has 8 aromatic carbocycles. The molecule has 1 aliphatic carbocycles. The zero-order chi connectivity index (χ0) is 34.1. The number of para-hydroxylation sites is 1. The zero-order valence-corrected chi connectivity index (χ0v) is 28.6. The number of nitrogens with zero attached hydrogens (tertiary/aromatic N) is 1. The Balaban J connectivity index is 1.14. The van der Waals surface area contributed by atoms with Gasteiger partial charge in [0.25, 0.3) is 0 Å². The highest BCUT2D eigenvalue weighted by atomic mass is 16.3. The molecule has 10 rings (SSSR count). The van der Waals surface area contributed by atoms with E-state index in [0.717, 1.165) is 33.3 Å². The molecule has 1 aromatic heterocycles. The minimum atomic E-state index is -0.170. The van der Waals surface area contributed by atoms with Crippen LogP contribution in [0.2, 0.25) is 0 Å². The van der Waals surface area contributed by atoms with E-state index in [2.05, 4.69) is 183 Å². The van der Waals surface area contributed by atoms with E-state index in [1.165, 1.54) is 61.0 Å². The topological polar surface area (TPSA) is 16.4 Å². The number of hydrogen-bond acceptors (Lipinski definition) is 2. The molecule has 0 unspecified atom stereocenters. The van der Waals surface area contributed by atoms with Crippen LogP contribution in [0.1, 0.15) is 25.0 Å². The van der Waals surface area contributed by atoms with Crippen molar-refractivity contribution in [2.75, 3.05) is 4.90 Å². The lowest BCUT2D eigenvalue weighted by atomic mass is 9.81. The monoisotopic (exact) mass is 653 g/mol. The molecule has 0 saturated carbocycles. The van der Waals surface area contributed by atoms with Crippen molar-refractivity contribution in [3.05, 3.63) is 187 Å². The van der Waals surface area contributed by atoms with Gasteiger partial charge < -0.3 is 9.32 Å². The maximum absolute atomic E-state index is 6.13. The Morgan fingerprint density at radius 1 is 0.431 bits per heavy atom. The van der Waals surface area contributed by atoms with Crippen LogP contribution in [0.4, 0.5) is 17.1 Å². The molecular formula is C49H35NO. The minimum Gasteiger partial charge on any atom is -0.456 e. The highest BCUT2D eigenvalue weighted by molar-refractivity contribution is 6.06. The largest absolute Gasteiger partial charge is 0.456 e. The minimum absolute atomic E-state index is 0.170. The molecule has 0 N–H and O–H groups in total. The molecule has 9 aromatic rings. The van der Waals surface area contributed by atoms with Gasteiger partial charge in [-0.25, -0.2) is 0 Å². The number of rotatable bonds is 5. The molecule has 0 aliphatic heterocycles. The van der Waals surface area contributed by atoms with E-state index in [0.29, 0.717) is 0 Å². The van der Waals surface area contributed by atoms with Crippen LogP contribution >= 0.6 is 0 Å². The van der Waals surface area contributed by atoms with E-state index in [4.69, 9.17) is 4.42 Å². The summed E-state index contributed by atoms with van der Waals surface area (Å²) in [5, 5.41) is 4.79. The highest BCUT2D eigenvalue weighted by Crippen LogP contribution is 2.54. The molecule has 0 bridgehead atoms. The molecule has 0 atom stereocenters. The number of anilines is 3. The van der Waals surface area contributed by atoms with Crippen LogP contribution in [0, 0.1) is 0 Å². The van der Waals surface area contributed by atoms with E-state index < -0.39 is 0 Å². The first-order valence-electron chi connectivity index (χ1n) is 17.7. The first kappa shape index (κ1) is 29.5. The maximum Gasteiger partial charge on any atom is 0.135 e. The van der Waals surface area contributed by atoms with Gasteiger partial charge in [-0.15, -0.1) is 0 Å². The van der Waals surface area contributed by atoms with Crippen molar-refractivity contribution in [1.29, 1.82) is 0 Å². The molecule has 0 saturated heterocycles. The van der Waals surface area contributed by atoms with E-state index in [-0.39, 0.29) is 5.41 Å². The molecule has 242 valence electrons. The fourth-order valence-corrected chi connectivity index (χ4v) is 8.43. The van der Waals surface area contributed by atoms with Crippen molar-refractivity contribution in [2.45, 2.75) is 19.3 Å². The summed E-state index contributed by atoms with van der Waals surface area (Å²) in [5.74, 6) is 0. The summed E-state index contributed by atoms with van der Waals surface area (Å²) in [4.78, 5) is 2.46. The molecule has 1 aliphatic rings. The summed E-state index contributed by atoms with van der Waals surface area (Å²) in [6.07, 6.45) is 0. The molecule has 0 radical (unpaired) electrons. The van der Waals surface area contributed by atoms with Crippen molar-refractivity contribution < 1.29 is 4.42 Å². The molecule has 0 spiro atoms. The third-order valence-corrected chi connectivity index (χ3v) is 10.8. The van der Waals surface area contributed by atoms with Gasteiger partial charge in [-0.3, -0.25) is 0 Å². The Bertz CT molecular complexity index is 2780. The summed E-state index contributed by atoms with van der Waals surface area (Å²) in [5.41, 5.74) is 15.2. The van der Waals surface area contributed by atoms with E-state index >= 15 is 0 Å². The normalized spacial score (nSPS) is 13.1. The number of furan rings is 1. The average Bonchev–Trinajstić information content (AvgIpc) is 3.67. The Kier molecular flexibility index (Phi) is 6.56. The fraction of sp³-hybridized carbons (Fsp3) is 0.0612. The van der Waals surface area contributed by atoms with Crippen molar-refractivity contribution in [1.82, 2.24) is 0 Å². The Hall–Kier alpha value is -6.38. The van der Waals surface area contributed by atoms with Crippen LogP contribution < -0.4 is 4.90 Å². The van der Waals surface area contributed by atoms with E-state index in [1.54, 1.807) is 0 Å². The summed E-state index contributed by atoms with van der Waals surface area (Å²) < 4.78 is 6.13. The van der Waals surface area contributed by atoms with Crippen LogP contribution in [-0.4, -0.2) is 0 Å². The predicted molar refractivity (Wildman–Crippen MR) is 214 cm³/mol. The second-order valence-corrected chi connectivity index (χ2v) is 14.1. The smallest absolute Gasteiger partial charge is 0.135 e. The second kappa shape index (κ2) is 11.3. The van der Waals surface area contributed by atoms with Gasteiger partial charge in [-0.1, -0.05) is 141 Å². The van der Waals surface area contributed by atoms with Gasteiger partial charge in [0.1, 0.15) is 11.2 Å². The summed E-state index contributed by atoms with van der Waals surface area (Å²) in [7, 11) is 0. The van der Waals surface area contributed by atoms with Gasteiger partial charge in [-0.2, -0.15) is 0 Å². The zero-order valence-electron chi connectivity index (χ0n) is 28.6. The number of benzene rings is 8. The van der Waals surface area contributed by atoms with Gasteiger partial charge in [0.15, 0.2) is 0 Å². The quantitative estimate of drug-likeness (QED) is 0.184. The first-order valence-corrected chi connectivity index (χ1v) is 17.7. The van der Waals surface area contributed by atoms with Gasteiger partial charge in [0.05, 0.1) is 5.69 Å². The van der Waals surface area contributed by atoms with Gasteiger partial charge in [-0.05, 0) is 104 Å². The molecule has 0 amide bonds. The standard InChI is InChI=1S/C49H35NO/c1-49(2)44-21-7-5-17-40(44)42-20-11-22-45(48(42)49)50(37-15-9-14-35(30-37)39-19-10-13-33-12-3-4-16-38(33)39)36-27-24-32(25-28-36)34-26-29-47-43(31-34)41-18-6-8-23-46(41)51-47/h3-31H,1-2H3. The third kappa shape index (κ3) is 4.64. The maximum atomic E-state index is 6.13. The number of hydrogen-bond donors (Lipinski definition) is 0. The van der Waals surface area contributed by atoms with Gasteiger partial charge in [0.2, 0.25) is 0 Å².